The smallest absolute Gasteiger partial charge is 0.263 e. The Balaban J connectivity index is 1.63. The number of rotatable bonds is 3. The van der Waals surface area contributed by atoms with Crippen LogP contribution in [0, 0.1) is 5.92 Å². The summed E-state index contributed by atoms with van der Waals surface area (Å²) in [6.45, 7) is 1.71. The molecular weight excluding hydrogens is 428 g/mol. The number of carbonyl (C=O) groups excluding carboxylic acids is 3. The molecule has 136 valence electrons. The molecule has 2 heterocycles. The highest BCUT2D eigenvalue weighted by Crippen LogP contribution is 2.46. The zero-order valence-corrected chi connectivity index (χ0v) is 16.8. The van der Waals surface area contributed by atoms with Crippen molar-refractivity contribution in [3.8, 4) is 0 Å². The Kier molecular flexibility index (Phi) is 4.52. The summed E-state index contributed by atoms with van der Waals surface area (Å²) in [6.07, 6.45) is -0.00181. The number of thioether (sulfide) groups is 1. The van der Waals surface area contributed by atoms with E-state index in [1.807, 2.05) is 36.4 Å². The van der Waals surface area contributed by atoms with Crippen molar-refractivity contribution in [3.05, 3.63) is 64.6 Å². The fourth-order valence-corrected chi connectivity index (χ4v) is 4.97. The number of carbonyl (C=O) groups is 3. The van der Waals surface area contributed by atoms with Gasteiger partial charge in [-0.3, -0.25) is 19.3 Å². The molecule has 0 bridgehead atoms. The van der Waals surface area contributed by atoms with Gasteiger partial charge in [0.2, 0.25) is 11.8 Å². The lowest BCUT2D eigenvalue weighted by Gasteiger charge is -2.25. The van der Waals surface area contributed by atoms with Crippen molar-refractivity contribution in [1.82, 2.24) is 0 Å². The maximum atomic E-state index is 13.1. The first-order valence-corrected chi connectivity index (χ1v) is 10.0. The molecule has 0 radical (unpaired) electrons. The maximum Gasteiger partial charge on any atom is 0.263 e. The van der Waals surface area contributed by atoms with Crippen molar-refractivity contribution in [3.63, 3.8) is 0 Å². The lowest BCUT2D eigenvalue weighted by molar-refractivity contribution is -0.127. The average molecular weight is 443 g/mol. The zero-order chi connectivity index (χ0) is 19.2. The van der Waals surface area contributed by atoms with Crippen LogP contribution in [0.2, 0.25) is 0 Å². The number of benzene rings is 2. The molecule has 2 atom stereocenters. The Labute approximate surface area is 169 Å². The molecule has 0 aromatic heterocycles. The molecule has 2 aromatic rings. The lowest BCUT2D eigenvalue weighted by atomic mass is 9.91. The molecule has 2 aromatic carbocycles. The SMILES string of the molecule is C[C@@]1([C@@H]2CC(=O)N(c3cccc(Br)c3)C2=O)SC(c2ccccc2)=NC1=O. The van der Waals surface area contributed by atoms with Crippen LogP contribution < -0.4 is 4.90 Å². The second-order valence-electron chi connectivity index (χ2n) is 6.60. The van der Waals surface area contributed by atoms with E-state index in [9.17, 15) is 14.4 Å². The molecule has 7 heteroatoms. The summed E-state index contributed by atoms with van der Waals surface area (Å²) in [5.41, 5.74) is 1.34. The summed E-state index contributed by atoms with van der Waals surface area (Å²) in [6, 6.07) is 16.4. The van der Waals surface area contributed by atoms with Crippen LogP contribution in [0.3, 0.4) is 0 Å². The minimum atomic E-state index is -1.08. The molecule has 0 spiro atoms. The van der Waals surface area contributed by atoms with Gasteiger partial charge in [-0.05, 0) is 25.1 Å². The van der Waals surface area contributed by atoms with Gasteiger partial charge in [0.15, 0.2) is 0 Å². The number of anilines is 1. The molecule has 3 amide bonds. The molecule has 4 rings (SSSR count). The summed E-state index contributed by atoms with van der Waals surface area (Å²) in [5.74, 6) is -1.77. The molecule has 27 heavy (non-hydrogen) atoms. The van der Waals surface area contributed by atoms with Gasteiger partial charge in [0.05, 0.1) is 11.6 Å². The van der Waals surface area contributed by atoms with Crippen LogP contribution >= 0.6 is 27.7 Å². The monoisotopic (exact) mass is 442 g/mol. The van der Waals surface area contributed by atoms with E-state index in [1.54, 1.807) is 25.1 Å². The highest BCUT2D eigenvalue weighted by molar-refractivity contribution is 9.10. The van der Waals surface area contributed by atoms with E-state index in [4.69, 9.17) is 0 Å². The summed E-state index contributed by atoms with van der Waals surface area (Å²) in [7, 11) is 0. The normalized spacial score (nSPS) is 25.3. The van der Waals surface area contributed by atoms with E-state index in [0.717, 1.165) is 10.0 Å². The third-order valence-corrected chi connectivity index (χ3v) is 6.73. The minimum Gasteiger partial charge on any atom is -0.274 e. The van der Waals surface area contributed by atoms with E-state index >= 15 is 0 Å². The minimum absolute atomic E-state index is 0.00181. The van der Waals surface area contributed by atoms with Gasteiger partial charge in [0, 0.05) is 16.5 Å². The van der Waals surface area contributed by atoms with Crippen LogP contribution in [0.5, 0.6) is 0 Å². The Morgan fingerprint density at radius 1 is 1.11 bits per heavy atom. The van der Waals surface area contributed by atoms with Crippen molar-refractivity contribution in [1.29, 1.82) is 0 Å². The van der Waals surface area contributed by atoms with Crippen molar-refractivity contribution >= 4 is 56.1 Å². The predicted molar refractivity (Wildman–Crippen MR) is 109 cm³/mol. The molecule has 1 saturated heterocycles. The van der Waals surface area contributed by atoms with E-state index < -0.39 is 10.7 Å². The molecule has 2 aliphatic rings. The Morgan fingerprint density at radius 3 is 2.56 bits per heavy atom. The van der Waals surface area contributed by atoms with E-state index in [0.29, 0.717) is 10.7 Å². The average Bonchev–Trinajstić information content (AvgIpc) is 3.13. The van der Waals surface area contributed by atoms with Gasteiger partial charge in [0.1, 0.15) is 9.79 Å². The van der Waals surface area contributed by atoms with Gasteiger partial charge in [-0.25, -0.2) is 4.99 Å². The van der Waals surface area contributed by atoms with E-state index in [1.165, 1.54) is 16.7 Å². The second kappa shape index (κ2) is 6.73. The number of imide groups is 1. The largest absolute Gasteiger partial charge is 0.274 e. The predicted octanol–water partition coefficient (Wildman–Crippen LogP) is 3.81. The molecular formula is C20H15BrN2O3S. The quantitative estimate of drug-likeness (QED) is 0.677. The first-order valence-electron chi connectivity index (χ1n) is 8.40. The van der Waals surface area contributed by atoms with Crippen molar-refractivity contribution < 1.29 is 14.4 Å². The standard InChI is InChI=1S/C20H15BrN2O3S/c1-20(19(26)22-17(27-20)12-6-3-2-4-7-12)15-11-16(24)23(18(15)25)14-9-5-8-13(21)10-14/h2-10,15H,11H2,1H3/t15-,20+/m1/s1. The number of hydrogen-bond acceptors (Lipinski definition) is 4. The molecule has 2 aliphatic heterocycles. The Bertz CT molecular complexity index is 992. The molecule has 0 saturated carbocycles. The van der Waals surface area contributed by atoms with Crippen LogP contribution in [-0.2, 0) is 14.4 Å². The van der Waals surface area contributed by atoms with E-state index in [-0.39, 0.29) is 24.1 Å². The topological polar surface area (TPSA) is 66.8 Å². The number of halogens is 1. The van der Waals surface area contributed by atoms with Crippen molar-refractivity contribution in [2.45, 2.75) is 18.1 Å². The van der Waals surface area contributed by atoms with Gasteiger partial charge in [-0.2, -0.15) is 0 Å². The van der Waals surface area contributed by atoms with Gasteiger partial charge < -0.3 is 0 Å². The molecule has 0 unspecified atom stereocenters. The number of amides is 3. The highest BCUT2D eigenvalue weighted by Gasteiger charge is 2.56. The third kappa shape index (κ3) is 3.04. The Hall–Kier alpha value is -2.25. The van der Waals surface area contributed by atoms with Crippen LogP contribution in [-0.4, -0.2) is 27.5 Å². The van der Waals surface area contributed by atoms with Crippen LogP contribution in [0.1, 0.15) is 18.9 Å². The number of aliphatic imine (C=N–C) groups is 1. The van der Waals surface area contributed by atoms with Crippen molar-refractivity contribution in [2.75, 3.05) is 4.90 Å². The summed E-state index contributed by atoms with van der Waals surface area (Å²) < 4.78 is -0.310. The first-order chi connectivity index (χ1) is 12.9. The molecule has 5 nitrogen and oxygen atoms in total. The Morgan fingerprint density at radius 2 is 1.85 bits per heavy atom. The maximum absolute atomic E-state index is 13.1. The highest BCUT2D eigenvalue weighted by atomic mass is 79.9. The zero-order valence-electron chi connectivity index (χ0n) is 14.4. The molecule has 0 N–H and O–H groups in total. The van der Waals surface area contributed by atoms with Gasteiger partial charge in [-0.15, -0.1) is 0 Å². The van der Waals surface area contributed by atoms with E-state index in [2.05, 4.69) is 20.9 Å². The third-order valence-electron chi connectivity index (χ3n) is 4.84. The fourth-order valence-electron chi connectivity index (χ4n) is 3.34. The van der Waals surface area contributed by atoms with Crippen LogP contribution in [0.25, 0.3) is 0 Å². The van der Waals surface area contributed by atoms with Gasteiger partial charge in [-0.1, -0.05) is 64.1 Å². The van der Waals surface area contributed by atoms with Crippen molar-refractivity contribution in [2.24, 2.45) is 10.9 Å². The number of hydrogen-bond donors (Lipinski definition) is 0. The summed E-state index contributed by atoms with van der Waals surface area (Å²) >= 11 is 4.63. The molecule has 0 aliphatic carbocycles. The number of nitrogens with zero attached hydrogens (tertiary/aromatic N) is 2. The van der Waals surface area contributed by atoms with Gasteiger partial charge in [0.25, 0.3) is 5.91 Å². The lowest BCUT2D eigenvalue weighted by Crippen LogP contribution is -2.42. The van der Waals surface area contributed by atoms with Gasteiger partial charge >= 0.3 is 0 Å². The second-order valence-corrected chi connectivity index (χ2v) is 8.96. The molecule has 1 fully saturated rings. The summed E-state index contributed by atoms with van der Waals surface area (Å²) in [4.78, 5) is 43.8. The fraction of sp³-hybridized carbons (Fsp3) is 0.200. The first kappa shape index (κ1) is 18.1. The summed E-state index contributed by atoms with van der Waals surface area (Å²) in [5, 5.41) is 0.587. The van der Waals surface area contributed by atoms with Crippen LogP contribution in [0.4, 0.5) is 5.69 Å². The van der Waals surface area contributed by atoms with Crippen LogP contribution in [0.15, 0.2) is 64.1 Å².